The number of piperidine rings is 1. The summed E-state index contributed by atoms with van der Waals surface area (Å²) in [4.78, 5) is 2.79. The average Bonchev–Trinajstić information content (AvgIpc) is 2.23. The summed E-state index contributed by atoms with van der Waals surface area (Å²) in [5.41, 5.74) is 0.561. The van der Waals surface area contributed by atoms with E-state index in [2.05, 4.69) is 32.6 Å². The van der Waals surface area contributed by atoms with E-state index in [0.717, 1.165) is 17.9 Å². The van der Waals surface area contributed by atoms with Crippen LogP contribution in [0.5, 0.6) is 0 Å². The molecule has 2 fully saturated rings. The Labute approximate surface area is 102 Å². The molecule has 1 saturated carbocycles. The van der Waals surface area contributed by atoms with E-state index in [1.54, 1.807) is 0 Å². The van der Waals surface area contributed by atoms with E-state index in [4.69, 9.17) is 0 Å². The smallest absolute Gasteiger partial charge is 0.0100 e. The van der Waals surface area contributed by atoms with Gasteiger partial charge in [-0.2, -0.15) is 0 Å². The molecule has 1 nitrogen and oxygen atoms in total. The van der Waals surface area contributed by atoms with Gasteiger partial charge < -0.3 is 4.90 Å². The van der Waals surface area contributed by atoms with Crippen LogP contribution in [0.25, 0.3) is 0 Å². The molecular weight excluding hydrogens is 194 g/mol. The van der Waals surface area contributed by atoms with Gasteiger partial charge in [-0.1, -0.05) is 27.7 Å². The molecule has 1 aliphatic carbocycles. The van der Waals surface area contributed by atoms with Crippen LogP contribution in [0.2, 0.25) is 0 Å². The molecule has 1 heterocycles. The second kappa shape index (κ2) is 4.68. The molecule has 2 rings (SSSR count). The standard InChI is InChI=1S/C15H29N/c1-12-7-9-16(10-8-12)14-6-5-13(2)15(3,4)11-14/h12-14H,5-11H2,1-4H3/t13-,14+/m1/s1. The minimum absolute atomic E-state index is 0.561. The molecule has 0 aromatic heterocycles. The summed E-state index contributed by atoms with van der Waals surface area (Å²) in [5, 5.41) is 0. The lowest BCUT2D eigenvalue weighted by molar-refractivity contribution is 0.0379. The van der Waals surface area contributed by atoms with Gasteiger partial charge in [-0.15, -0.1) is 0 Å². The SMILES string of the molecule is CC1CCN([C@H]2CC[C@@H](C)C(C)(C)C2)CC1. The largest absolute Gasteiger partial charge is 0.300 e. The molecule has 0 aromatic rings. The van der Waals surface area contributed by atoms with Gasteiger partial charge in [0.05, 0.1) is 0 Å². The Kier molecular flexibility index (Phi) is 3.63. The molecule has 0 aromatic carbocycles. The maximum absolute atomic E-state index is 2.79. The van der Waals surface area contributed by atoms with E-state index < -0.39 is 0 Å². The van der Waals surface area contributed by atoms with Crippen LogP contribution in [0.15, 0.2) is 0 Å². The molecule has 0 spiro atoms. The van der Waals surface area contributed by atoms with Gasteiger partial charge in [0.2, 0.25) is 0 Å². The Morgan fingerprint density at radius 3 is 2.12 bits per heavy atom. The summed E-state index contributed by atoms with van der Waals surface area (Å²) in [6.07, 6.45) is 7.14. The van der Waals surface area contributed by atoms with Crippen molar-refractivity contribution in [2.24, 2.45) is 17.3 Å². The van der Waals surface area contributed by atoms with E-state index in [1.807, 2.05) is 0 Å². The van der Waals surface area contributed by atoms with E-state index in [-0.39, 0.29) is 0 Å². The molecule has 2 aliphatic rings. The second-order valence-electron chi connectivity index (χ2n) is 7.04. The number of nitrogens with zero attached hydrogens (tertiary/aromatic N) is 1. The quantitative estimate of drug-likeness (QED) is 0.651. The van der Waals surface area contributed by atoms with E-state index in [9.17, 15) is 0 Å². The minimum Gasteiger partial charge on any atom is -0.300 e. The topological polar surface area (TPSA) is 3.24 Å². The third-order valence-corrected chi connectivity index (χ3v) is 5.36. The van der Waals surface area contributed by atoms with Crippen LogP contribution >= 0.6 is 0 Å². The van der Waals surface area contributed by atoms with Gasteiger partial charge in [0.15, 0.2) is 0 Å². The predicted molar refractivity (Wildman–Crippen MR) is 70.6 cm³/mol. The first-order chi connectivity index (χ1) is 7.49. The van der Waals surface area contributed by atoms with Crippen LogP contribution < -0.4 is 0 Å². The fourth-order valence-electron chi connectivity index (χ4n) is 3.45. The van der Waals surface area contributed by atoms with Gasteiger partial charge in [-0.3, -0.25) is 0 Å². The minimum atomic E-state index is 0.561. The van der Waals surface area contributed by atoms with E-state index in [1.165, 1.54) is 45.2 Å². The normalized spacial score (nSPS) is 37.5. The van der Waals surface area contributed by atoms with Crippen LogP contribution in [0.4, 0.5) is 0 Å². The fraction of sp³-hybridized carbons (Fsp3) is 1.00. The Balaban J connectivity index is 1.91. The Morgan fingerprint density at radius 1 is 0.938 bits per heavy atom. The van der Waals surface area contributed by atoms with Crippen molar-refractivity contribution >= 4 is 0 Å². The predicted octanol–water partition coefficient (Wildman–Crippen LogP) is 3.93. The summed E-state index contributed by atoms with van der Waals surface area (Å²) in [7, 11) is 0. The number of hydrogen-bond acceptors (Lipinski definition) is 1. The molecule has 0 unspecified atom stereocenters. The highest BCUT2D eigenvalue weighted by molar-refractivity contribution is 4.90. The van der Waals surface area contributed by atoms with Crippen LogP contribution in [0.1, 0.15) is 59.8 Å². The first-order valence-electron chi connectivity index (χ1n) is 7.23. The summed E-state index contributed by atoms with van der Waals surface area (Å²) in [5.74, 6) is 1.87. The highest BCUT2D eigenvalue weighted by atomic mass is 15.2. The first-order valence-corrected chi connectivity index (χ1v) is 7.23. The van der Waals surface area contributed by atoms with Crippen LogP contribution in [0, 0.1) is 17.3 Å². The number of rotatable bonds is 1. The Morgan fingerprint density at radius 2 is 1.56 bits per heavy atom. The third kappa shape index (κ3) is 2.61. The van der Waals surface area contributed by atoms with Gasteiger partial charge in [0.1, 0.15) is 0 Å². The molecule has 0 N–H and O–H groups in total. The van der Waals surface area contributed by atoms with Crippen molar-refractivity contribution in [3.63, 3.8) is 0 Å². The summed E-state index contributed by atoms with van der Waals surface area (Å²) in [6, 6.07) is 0.888. The summed E-state index contributed by atoms with van der Waals surface area (Å²) < 4.78 is 0. The van der Waals surface area contributed by atoms with Crippen LogP contribution in [-0.4, -0.2) is 24.0 Å². The molecule has 94 valence electrons. The Hall–Kier alpha value is -0.0400. The summed E-state index contributed by atoms with van der Waals surface area (Å²) >= 11 is 0. The zero-order valence-corrected chi connectivity index (χ0v) is 11.6. The van der Waals surface area contributed by atoms with Crippen molar-refractivity contribution in [1.29, 1.82) is 0 Å². The molecule has 1 aliphatic heterocycles. The van der Waals surface area contributed by atoms with Crippen LogP contribution in [-0.2, 0) is 0 Å². The van der Waals surface area contributed by atoms with Crippen molar-refractivity contribution in [1.82, 2.24) is 4.90 Å². The molecule has 1 saturated heterocycles. The van der Waals surface area contributed by atoms with Crippen molar-refractivity contribution in [2.75, 3.05) is 13.1 Å². The average molecular weight is 223 g/mol. The lowest BCUT2D eigenvalue weighted by Gasteiger charge is -2.46. The van der Waals surface area contributed by atoms with Gasteiger partial charge in [0.25, 0.3) is 0 Å². The molecular formula is C15H29N. The maximum Gasteiger partial charge on any atom is 0.0100 e. The first kappa shape index (κ1) is 12.4. The monoisotopic (exact) mass is 223 g/mol. The number of hydrogen-bond donors (Lipinski definition) is 0. The highest BCUT2D eigenvalue weighted by Crippen LogP contribution is 2.42. The van der Waals surface area contributed by atoms with E-state index in [0.29, 0.717) is 5.41 Å². The lowest BCUT2D eigenvalue weighted by atomic mass is 9.67. The van der Waals surface area contributed by atoms with Gasteiger partial charge in [-0.05, 0) is 62.4 Å². The lowest BCUT2D eigenvalue weighted by Crippen LogP contribution is -2.46. The van der Waals surface area contributed by atoms with Crippen molar-refractivity contribution in [3.05, 3.63) is 0 Å². The second-order valence-corrected chi connectivity index (χ2v) is 7.04. The molecule has 1 heteroatoms. The maximum atomic E-state index is 2.79. The van der Waals surface area contributed by atoms with Crippen molar-refractivity contribution in [3.8, 4) is 0 Å². The van der Waals surface area contributed by atoms with Crippen molar-refractivity contribution in [2.45, 2.75) is 65.8 Å². The van der Waals surface area contributed by atoms with Gasteiger partial charge in [-0.25, -0.2) is 0 Å². The Bertz CT molecular complexity index is 226. The fourth-order valence-corrected chi connectivity index (χ4v) is 3.45. The zero-order valence-electron chi connectivity index (χ0n) is 11.6. The molecule has 0 bridgehead atoms. The molecule has 16 heavy (non-hydrogen) atoms. The number of likely N-dealkylation sites (tertiary alicyclic amines) is 1. The van der Waals surface area contributed by atoms with Gasteiger partial charge >= 0.3 is 0 Å². The third-order valence-electron chi connectivity index (χ3n) is 5.36. The van der Waals surface area contributed by atoms with Crippen LogP contribution in [0.3, 0.4) is 0 Å². The van der Waals surface area contributed by atoms with Gasteiger partial charge in [0, 0.05) is 6.04 Å². The highest BCUT2D eigenvalue weighted by Gasteiger charge is 2.36. The molecule has 0 radical (unpaired) electrons. The molecule has 2 atom stereocenters. The molecule has 0 amide bonds. The van der Waals surface area contributed by atoms with Crippen molar-refractivity contribution < 1.29 is 0 Å². The zero-order chi connectivity index (χ0) is 11.8. The summed E-state index contributed by atoms with van der Waals surface area (Å²) in [6.45, 7) is 12.5. The van der Waals surface area contributed by atoms with E-state index >= 15 is 0 Å².